The summed E-state index contributed by atoms with van der Waals surface area (Å²) in [5, 5.41) is 5.45. The molecule has 27 heavy (non-hydrogen) atoms. The monoisotopic (exact) mass is 370 g/mol. The van der Waals surface area contributed by atoms with Crippen LogP contribution in [0, 0.1) is 12.7 Å². The van der Waals surface area contributed by atoms with Gasteiger partial charge in [0, 0.05) is 37.8 Å². The predicted molar refractivity (Wildman–Crippen MR) is 102 cm³/mol. The molecule has 142 valence electrons. The van der Waals surface area contributed by atoms with E-state index in [-0.39, 0.29) is 23.7 Å². The molecule has 1 aromatic carbocycles. The fourth-order valence-electron chi connectivity index (χ4n) is 3.11. The van der Waals surface area contributed by atoms with Gasteiger partial charge in [-0.05, 0) is 55.7 Å². The second-order valence-electron chi connectivity index (χ2n) is 6.95. The zero-order valence-electron chi connectivity index (χ0n) is 15.7. The van der Waals surface area contributed by atoms with Crippen molar-refractivity contribution in [1.29, 1.82) is 0 Å². The number of aromatic nitrogens is 1. The maximum Gasteiger partial charge on any atom is 0.321 e. The Hall–Kier alpha value is -2.96. The van der Waals surface area contributed by atoms with E-state index in [4.69, 9.17) is 0 Å². The number of benzene rings is 1. The van der Waals surface area contributed by atoms with Crippen molar-refractivity contribution in [2.75, 3.05) is 17.7 Å². The standard InChI is InChI=1S/C20H23FN4O2/c1-12-6-7-22-16(8-12)9-13(2)25(3)20(27)23-17-11-15(21)10-14-4-5-18(26)24-19(14)17/h6-8,10-11,13H,4-5,9H2,1-3H3,(H,23,27)(H,24,26). The number of urea groups is 1. The van der Waals surface area contributed by atoms with Gasteiger partial charge in [-0.25, -0.2) is 9.18 Å². The highest BCUT2D eigenvalue weighted by atomic mass is 19.1. The summed E-state index contributed by atoms with van der Waals surface area (Å²) in [6.45, 7) is 3.92. The number of amides is 3. The van der Waals surface area contributed by atoms with Gasteiger partial charge in [0.25, 0.3) is 0 Å². The molecule has 7 heteroatoms. The molecule has 3 amide bonds. The number of hydrogen-bond donors (Lipinski definition) is 2. The van der Waals surface area contributed by atoms with Gasteiger partial charge in [0.05, 0.1) is 11.4 Å². The molecular weight excluding hydrogens is 347 g/mol. The topological polar surface area (TPSA) is 74.3 Å². The third-order valence-electron chi connectivity index (χ3n) is 4.77. The molecule has 3 rings (SSSR count). The molecule has 0 spiro atoms. The summed E-state index contributed by atoms with van der Waals surface area (Å²) in [7, 11) is 1.68. The minimum absolute atomic E-state index is 0.113. The molecule has 0 bridgehead atoms. The fourth-order valence-corrected chi connectivity index (χ4v) is 3.11. The molecular formula is C20H23FN4O2. The van der Waals surface area contributed by atoms with Crippen molar-refractivity contribution in [2.24, 2.45) is 0 Å². The summed E-state index contributed by atoms with van der Waals surface area (Å²) in [6.07, 6.45) is 3.11. The molecule has 2 heterocycles. The lowest BCUT2D eigenvalue weighted by molar-refractivity contribution is -0.116. The van der Waals surface area contributed by atoms with E-state index in [1.807, 2.05) is 26.0 Å². The van der Waals surface area contributed by atoms with Gasteiger partial charge in [-0.1, -0.05) is 0 Å². The van der Waals surface area contributed by atoms with Gasteiger partial charge < -0.3 is 15.5 Å². The number of anilines is 2. The molecule has 6 nitrogen and oxygen atoms in total. The third kappa shape index (κ3) is 4.42. The lowest BCUT2D eigenvalue weighted by atomic mass is 10.0. The van der Waals surface area contributed by atoms with Crippen LogP contribution in [0.1, 0.15) is 30.2 Å². The number of hydrogen-bond acceptors (Lipinski definition) is 3. The highest BCUT2D eigenvalue weighted by molar-refractivity contribution is 6.01. The molecule has 1 aromatic heterocycles. The van der Waals surface area contributed by atoms with Crippen molar-refractivity contribution in [3.63, 3.8) is 0 Å². The van der Waals surface area contributed by atoms with E-state index in [9.17, 15) is 14.0 Å². The summed E-state index contributed by atoms with van der Waals surface area (Å²) in [4.78, 5) is 30.2. The van der Waals surface area contributed by atoms with Gasteiger partial charge >= 0.3 is 6.03 Å². The van der Waals surface area contributed by atoms with Crippen LogP contribution >= 0.6 is 0 Å². The first-order valence-electron chi connectivity index (χ1n) is 8.91. The van der Waals surface area contributed by atoms with E-state index in [0.29, 0.717) is 30.5 Å². The van der Waals surface area contributed by atoms with Crippen molar-refractivity contribution in [3.05, 3.63) is 53.1 Å². The Kier molecular flexibility index (Phi) is 5.39. The first kappa shape index (κ1) is 18.8. The third-order valence-corrected chi connectivity index (χ3v) is 4.77. The minimum atomic E-state index is -0.445. The van der Waals surface area contributed by atoms with Crippen LogP contribution in [-0.4, -0.2) is 34.9 Å². The molecule has 2 N–H and O–H groups in total. The van der Waals surface area contributed by atoms with Crippen LogP contribution in [0.2, 0.25) is 0 Å². The SMILES string of the molecule is Cc1ccnc(CC(C)N(C)C(=O)Nc2cc(F)cc3c2NC(=O)CC3)c1. The van der Waals surface area contributed by atoms with Gasteiger partial charge in [0.15, 0.2) is 0 Å². The Balaban J connectivity index is 1.73. The molecule has 1 unspecified atom stereocenters. The maximum atomic E-state index is 13.9. The number of carbonyl (C=O) groups is 2. The summed E-state index contributed by atoms with van der Waals surface area (Å²) in [5.41, 5.74) is 3.45. The van der Waals surface area contributed by atoms with Crippen LogP contribution in [0.5, 0.6) is 0 Å². The first-order chi connectivity index (χ1) is 12.8. The first-order valence-corrected chi connectivity index (χ1v) is 8.91. The Morgan fingerprint density at radius 2 is 2.15 bits per heavy atom. The predicted octanol–water partition coefficient (Wildman–Crippen LogP) is 3.51. The highest BCUT2D eigenvalue weighted by Crippen LogP contribution is 2.32. The zero-order chi connectivity index (χ0) is 19.6. The average molecular weight is 370 g/mol. The second kappa shape index (κ2) is 7.73. The Morgan fingerprint density at radius 3 is 2.89 bits per heavy atom. The number of likely N-dealkylation sites (N-methyl/N-ethyl adjacent to an activating group) is 1. The van der Waals surface area contributed by atoms with Gasteiger partial charge in [0.1, 0.15) is 5.82 Å². The fraction of sp³-hybridized carbons (Fsp3) is 0.350. The minimum Gasteiger partial charge on any atom is -0.324 e. The van der Waals surface area contributed by atoms with Gasteiger partial charge in [0.2, 0.25) is 5.91 Å². The van der Waals surface area contributed by atoms with Gasteiger partial charge in [-0.2, -0.15) is 0 Å². The summed E-state index contributed by atoms with van der Waals surface area (Å²) < 4.78 is 13.9. The van der Waals surface area contributed by atoms with Gasteiger partial charge in [-0.15, -0.1) is 0 Å². The van der Waals surface area contributed by atoms with E-state index in [1.54, 1.807) is 18.1 Å². The molecule has 1 aliphatic rings. The largest absolute Gasteiger partial charge is 0.324 e. The summed E-state index contributed by atoms with van der Waals surface area (Å²) in [5.74, 6) is -0.586. The molecule has 0 radical (unpaired) electrons. The van der Waals surface area contributed by atoms with Crippen molar-refractivity contribution in [1.82, 2.24) is 9.88 Å². The molecule has 0 fully saturated rings. The number of nitrogens with one attached hydrogen (secondary N) is 2. The smallest absolute Gasteiger partial charge is 0.321 e. The molecule has 1 aliphatic heterocycles. The van der Waals surface area contributed by atoms with Gasteiger partial charge in [-0.3, -0.25) is 9.78 Å². The van der Waals surface area contributed by atoms with E-state index >= 15 is 0 Å². The normalized spacial score (nSPS) is 14.1. The Labute approximate surface area is 157 Å². The average Bonchev–Trinajstić information content (AvgIpc) is 2.61. The van der Waals surface area contributed by atoms with Crippen molar-refractivity contribution in [2.45, 2.75) is 39.2 Å². The Morgan fingerprint density at radius 1 is 1.37 bits per heavy atom. The number of fused-ring (bicyclic) bond motifs is 1. The van der Waals surface area contributed by atoms with Crippen LogP contribution in [-0.2, 0) is 17.6 Å². The zero-order valence-corrected chi connectivity index (χ0v) is 15.7. The van der Waals surface area contributed by atoms with Crippen LogP contribution in [0.3, 0.4) is 0 Å². The Bertz CT molecular complexity index is 884. The van der Waals surface area contributed by atoms with E-state index in [1.165, 1.54) is 12.1 Å². The molecule has 0 saturated heterocycles. The molecule has 2 aromatic rings. The number of pyridine rings is 1. The summed E-state index contributed by atoms with van der Waals surface area (Å²) in [6, 6.07) is 6.04. The van der Waals surface area contributed by atoms with Crippen LogP contribution in [0.4, 0.5) is 20.6 Å². The van der Waals surface area contributed by atoms with Crippen molar-refractivity contribution >= 4 is 23.3 Å². The lowest BCUT2D eigenvalue weighted by Gasteiger charge is -2.27. The number of halogens is 1. The van der Waals surface area contributed by atoms with Crippen LogP contribution in [0.25, 0.3) is 0 Å². The quantitative estimate of drug-likeness (QED) is 0.865. The van der Waals surface area contributed by atoms with Crippen LogP contribution < -0.4 is 10.6 Å². The number of aryl methyl sites for hydroxylation is 2. The number of carbonyl (C=O) groups excluding carboxylic acids is 2. The molecule has 0 aliphatic carbocycles. The van der Waals surface area contributed by atoms with Crippen molar-refractivity contribution < 1.29 is 14.0 Å². The van der Waals surface area contributed by atoms with Crippen LogP contribution in [0.15, 0.2) is 30.5 Å². The van der Waals surface area contributed by atoms with E-state index < -0.39 is 5.82 Å². The number of rotatable bonds is 4. The number of nitrogens with zero attached hydrogens (tertiary/aromatic N) is 2. The maximum absolute atomic E-state index is 13.9. The highest BCUT2D eigenvalue weighted by Gasteiger charge is 2.23. The second-order valence-corrected chi connectivity index (χ2v) is 6.95. The van der Waals surface area contributed by atoms with E-state index in [2.05, 4.69) is 15.6 Å². The summed E-state index contributed by atoms with van der Waals surface area (Å²) >= 11 is 0. The van der Waals surface area contributed by atoms with E-state index in [0.717, 1.165) is 11.3 Å². The molecule has 1 atom stereocenters. The molecule has 0 saturated carbocycles. The van der Waals surface area contributed by atoms with Crippen molar-refractivity contribution in [3.8, 4) is 0 Å². The lowest BCUT2D eigenvalue weighted by Crippen LogP contribution is -2.39.